The molecule has 0 saturated heterocycles. The Morgan fingerprint density at radius 1 is 1.11 bits per heavy atom. The van der Waals surface area contributed by atoms with Gasteiger partial charge in [-0.1, -0.05) is 45.0 Å². The molecule has 0 radical (unpaired) electrons. The zero-order valence-corrected chi connectivity index (χ0v) is 16.9. The molecule has 5 nitrogen and oxygen atoms in total. The van der Waals surface area contributed by atoms with Gasteiger partial charge in [0.05, 0.1) is 23.9 Å². The van der Waals surface area contributed by atoms with E-state index in [2.05, 4.69) is 32.2 Å². The third kappa shape index (κ3) is 5.55. The van der Waals surface area contributed by atoms with E-state index in [1.807, 2.05) is 57.2 Å². The molecular weight excluding hydrogens is 338 g/mol. The van der Waals surface area contributed by atoms with E-state index in [9.17, 15) is 4.79 Å². The molecule has 0 unspecified atom stereocenters. The molecule has 1 amide bonds. The topological polar surface area (TPSA) is 75.0 Å². The van der Waals surface area contributed by atoms with Crippen molar-refractivity contribution in [1.82, 2.24) is 4.98 Å². The number of carbonyl (C=O) groups is 1. The maximum Gasteiger partial charge on any atom is 0.412 e. The summed E-state index contributed by atoms with van der Waals surface area (Å²) in [5, 5.41) is 12.0. The van der Waals surface area contributed by atoms with Crippen LogP contribution in [0.5, 0.6) is 0 Å². The molecule has 0 fully saturated rings. The maximum absolute atomic E-state index is 12.3. The molecule has 0 aliphatic heterocycles. The van der Waals surface area contributed by atoms with Crippen molar-refractivity contribution in [2.75, 3.05) is 5.32 Å². The van der Waals surface area contributed by atoms with Crippen LogP contribution in [0.15, 0.2) is 36.4 Å². The predicted octanol–water partition coefficient (Wildman–Crippen LogP) is 5.46. The van der Waals surface area contributed by atoms with Gasteiger partial charge in [0, 0.05) is 16.7 Å². The Kier molecular flexibility index (Phi) is 5.90. The Morgan fingerprint density at radius 3 is 2.37 bits per heavy atom. The van der Waals surface area contributed by atoms with Gasteiger partial charge in [-0.15, -0.1) is 0 Å². The van der Waals surface area contributed by atoms with Crippen molar-refractivity contribution in [2.45, 2.75) is 59.0 Å². The van der Waals surface area contributed by atoms with E-state index in [1.165, 1.54) is 0 Å². The lowest BCUT2D eigenvalue weighted by molar-refractivity contribution is 0.0636. The summed E-state index contributed by atoms with van der Waals surface area (Å²) in [7, 11) is 0. The van der Waals surface area contributed by atoms with Crippen molar-refractivity contribution < 1.29 is 9.53 Å². The lowest BCUT2D eigenvalue weighted by Gasteiger charge is -2.23. The van der Waals surface area contributed by atoms with Crippen LogP contribution in [-0.2, 0) is 16.6 Å². The van der Waals surface area contributed by atoms with Gasteiger partial charge >= 0.3 is 6.09 Å². The normalized spacial score (nSPS) is 11.6. The lowest BCUT2D eigenvalue weighted by atomic mass is 9.90. The molecule has 1 heterocycles. The summed E-state index contributed by atoms with van der Waals surface area (Å²) in [6.45, 7) is 11.7. The van der Waals surface area contributed by atoms with Crippen LogP contribution in [-0.4, -0.2) is 16.7 Å². The number of pyridine rings is 1. The predicted molar refractivity (Wildman–Crippen MR) is 108 cm³/mol. The molecular formula is C22H27N3O2. The van der Waals surface area contributed by atoms with E-state index in [4.69, 9.17) is 15.0 Å². The Labute approximate surface area is 161 Å². The highest BCUT2D eigenvalue weighted by atomic mass is 16.6. The molecule has 1 aromatic carbocycles. The Hall–Kier alpha value is -2.87. The smallest absolute Gasteiger partial charge is 0.412 e. The van der Waals surface area contributed by atoms with Gasteiger partial charge in [-0.3, -0.25) is 10.3 Å². The van der Waals surface area contributed by atoms with Crippen LogP contribution in [0.2, 0.25) is 0 Å². The monoisotopic (exact) mass is 365 g/mol. The highest BCUT2D eigenvalue weighted by molar-refractivity contribution is 5.91. The fraction of sp³-hybridized carbons (Fsp3) is 0.409. The van der Waals surface area contributed by atoms with Crippen LogP contribution in [0.25, 0.3) is 11.3 Å². The average molecular weight is 365 g/mol. The first-order chi connectivity index (χ1) is 12.5. The van der Waals surface area contributed by atoms with E-state index in [0.717, 1.165) is 16.8 Å². The summed E-state index contributed by atoms with van der Waals surface area (Å²) in [5.74, 6) is 0. The molecule has 2 aromatic rings. The number of ether oxygens (including phenoxy) is 1. The van der Waals surface area contributed by atoms with Crippen molar-refractivity contribution in [2.24, 2.45) is 0 Å². The lowest BCUT2D eigenvalue weighted by Crippen LogP contribution is -2.27. The molecule has 27 heavy (non-hydrogen) atoms. The van der Waals surface area contributed by atoms with Gasteiger partial charge in [-0.05, 0) is 38.5 Å². The van der Waals surface area contributed by atoms with Crippen LogP contribution in [0.4, 0.5) is 10.5 Å². The van der Waals surface area contributed by atoms with Gasteiger partial charge in [0.25, 0.3) is 0 Å². The molecule has 142 valence electrons. The molecule has 0 spiro atoms. The van der Waals surface area contributed by atoms with Crippen LogP contribution in [0.1, 0.15) is 52.8 Å². The Balaban J connectivity index is 2.55. The van der Waals surface area contributed by atoms with Gasteiger partial charge < -0.3 is 4.74 Å². The Morgan fingerprint density at radius 2 is 1.78 bits per heavy atom. The zero-order chi connectivity index (χ0) is 20.2. The first-order valence-corrected chi connectivity index (χ1v) is 8.98. The molecule has 0 atom stereocenters. The van der Waals surface area contributed by atoms with Crippen molar-refractivity contribution in [3.8, 4) is 17.3 Å². The molecule has 5 heteroatoms. The summed E-state index contributed by atoms with van der Waals surface area (Å²) < 4.78 is 5.38. The number of carbonyl (C=O) groups excluding carboxylic acids is 1. The second kappa shape index (κ2) is 7.79. The molecule has 0 bridgehead atoms. The minimum atomic E-state index is -0.595. The number of amides is 1. The van der Waals surface area contributed by atoms with Gasteiger partial charge in [0.1, 0.15) is 5.60 Å². The standard InChI is InChI=1S/C22H27N3O2/c1-21(2,3)18-12-11-17(24-20(26)27-22(4,5)6)19(25-18)16-10-8-7-9-15(16)13-14-23/h7-12H,13H2,1-6H3,(H,24,26). The van der Waals surface area contributed by atoms with Crippen molar-refractivity contribution >= 4 is 11.8 Å². The highest BCUT2D eigenvalue weighted by Crippen LogP contribution is 2.32. The summed E-state index contributed by atoms with van der Waals surface area (Å²) in [4.78, 5) is 17.1. The number of hydrogen-bond acceptors (Lipinski definition) is 4. The fourth-order valence-electron chi connectivity index (χ4n) is 2.59. The first kappa shape index (κ1) is 20.4. The number of aromatic nitrogens is 1. The SMILES string of the molecule is CC(C)(C)OC(=O)Nc1ccc(C(C)(C)C)nc1-c1ccccc1CC#N. The maximum atomic E-state index is 12.3. The van der Waals surface area contributed by atoms with Gasteiger partial charge in [0.2, 0.25) is 0 Å². The molecule has 2 rings (SSSR count). The second-order valence-corrected chi connectivity index (χ2v) is 8.46. The molecule has 0 saturated carbocycles. The minimum absolute atomic E-state index is 0.149. The van der Waals surface area contributed by atoms with E-state index < -0.39 is 11.7 Å². The van der Waals surface area contributed by atoms with E-state index >= 15 is 0 Å². The number of benzene rings is 1. The number of nitrogens with one attached hydrogen (secondary N) is 1. The Bertz CT molecular complexity index is 868. The fourth-order valence-corrected chi connectivity index (χ4v) is 2.59. The minimum Gasteiger partial charge on any atom is -0.444 e. The summed E-state index contributed by atoms with van der Waals surface area (Å²) >= 11 is 0. The summed E-state index contributed by atoms with van der Waals surface area (Å²) in [6, 6.07) is 13.6. The molecule has 1 N–H and O–H groups in total. The molecule has 1 aromatic heterocycles. The van der Waals surface area contributed by atoms with E-state index in [0.29, 0.717) is 11.4 Å². The second-order valence-electron chi connectivity index (χ2n) is 8.46. The van der Waals surface area contributed by atoms with Crippen LogP contribution in [0, 0.1) is 11.3 Å². The summed E-state index contributed by atoms with van der Waals surface area (Å²) in [6.07, 6.45) is -0.268. The number of nitriles is 1. The van der Waals surface area contributed by atoms with Crippen LogP contribution in [0.3, 0.4) is 0 Å². The largest absolute Gasteiger partial charge is 0.444 e. The number of hydrogen-bond donors (Lipinski definition) is 1. The third-order valence-electron chi connectivity index (χ3n) is 3.84. The van der Waals surface area contributed by atoms with Gasteiger partial charge in [-0.25, -0.2) is 4.79 Å². The van der Waals surface area contributed by atoms with Gasteiger partial charge in [0.15, 0.2) is 0 Å². The number of rotatable bonds is 3. The quantitative estimate of drug-likeness (QED) is 0.784. The van der Waals surface area contributed by atoms with Gasteiger partial charge in [-0.2, -0.15) is 5.26 Å². The van der Waals surface area contributed by atoms with Crippen molar-refractivity contribution in [3.63, 3.8) is 0 Å². The van der Waals surface area contributed by atoms with Crippen molar-refractivity contribution in [1.29, 1.82) is 5.26 Å². The number of nitrogens with zero attached hydrogens (tertiary/aromatic N) is 2. The van der Waals surface area contributed by atoms with E-state index in [1.54, 1.807) is 0 Å². The molecule has 0 aliphatic carbocycles. The zero-order valence-electron chi connectivity index (χ0n) is 16.9. The third-order valence-corrected chi connectivity index (χ3v) is 3.84. The summed E-state index contributed by atoms with van der Waals surface area (Å²) in [5.41, 5.74) is 3.05. The average Bonchev–Trinajstić information content (AvgIpc) is 2.53. The van der Waals surface area contributed by atoms with Crippen LogP contribution >= 0.6 is 0 Å². The van der Waals surface area contributed by atoms with Crippen molar-refractivity contribution in [3.05, 3.63) is 47.7 Å². The van der Waals surface area contributed by atoms with Crippen LogP contribution < -0.4 is 5.32 Å². The van der Waals surface area contributed by atoms with E-state index in [-0.39, 0.29) is 11.8 Å². The molecule has 0 aliphatic rings. The first-order valence-electron chi connectivity index (χ1n) is 8.98. The highest BCUT2D eigenvalue weighted by Gasteiger charge is 2.22. The number of anilines is 1.